The first-order chi connectivity index (χ1) is 11.7. The molecule has 138 valence electrons. The van der Waals surface area contributed by atoms with Crippen LogP contribution in [0.15, 0.2) is 18.2 Å². The van der Waals surface area contributed by atoms with E-state index in [9.17, 15) is 10.2 Å². The number of anilines is 2. The van der Waals surface area contributed by atoms with E-state index < -0.39 is 11.2 Å². The normalized spacial score (nSPS) is 12.6. The molecular weight excluding hydrogens is 334 g/mol. The van der Waals surface area contributed by atoms with Crippen molar-refractivity contribution < 1.29 is 10.2 Å². The average Bonchev–Trinajstić information content (AvgIpc) is 3.03. The Balaban J connectivity index is 2.54. The molecule has 0 amide bonds. The molecular formula is C19H29N3O2S. The second-order valence-corrected chi connectivity index (χ2v) is 7.58. The SMILES string of the molecule is CCC(O)(CC)c1cc(-c2ccc(N)c(C(O)(CC)CC)n2)sc1N. The molecule has 6 N–H and O–H groups in total. The summed E-state index contributed by atoms with van der Waals surface area (Å²) in [5.74, 6) is 0. The molecule has 5 nitrogen and oxygen atoms in total. The number of nitrogens with zero attached hydrogens (tertiary/aromatic N) is 1. The molecule has 2 aromatic rings. The van der Waals surface area contributed by atoms with Crippen molar-refractivity contribution in [2.45, 2.75) is 64.6 Å². The zero-order valence-corrected chi connectivity index (χ0v) is 16.3. The van der Waals surface area contributed by atoms with E-state index in [2.05, 4.69) is 4.98 Å². The van der Waals surface area contributed by atoms with E-state index in [-0.39, 0.29) is 0 Å². The van der Waals surface area contributed by atoms with Crippen molar-refractivity contribution in [1.82, 2.24) is 4.98 Å². The zero-order chi connectivity index (χ0) is 18.8. The molecule has 2 heterocycles. The van der Waals surface area contributed by atoms with Gasteiger partial charge < -0.3 is 21.7 Å². The molecule has 0 aliphatic rings. The van der Waals surface area contributed by atoms with Gasteiger partial charge in [0, 0.05) is 5.56 Å². The fraction of sp³-hybridized carbons (Fsp3) is 0.526. The van der Waals surface area contributed by atoms with Gasteiger partial charge in [0.1, 0.15) is 5.60 Å². The number of hydrogen-bond acceptors (Lipinski definition) is 6. The van der Waals surface area contributed by atoms with Gasteiger partial charge in [-0.2, -0.15) is 0 Å². The summed E-state index contributed by atoms with van der Waals surface area (Å²) in [5.41, 5.74) is 12.7. The predicted octanol–water partition coefficient (Wildman–Crippen LogP) is 3.99. The van der Waals surface area contributed by atoms with Crippen molar-refractivity contribution in [2.75, 3.05) is 11.5 Å². The Morgan fingerprint density at radius 2 is 1.52 bits per heavy atom. The fourth-order valence-electron chi connectivity index (χ4n) is 3.09. The van der Waals surface area contributed by atoms with E-state index in [1.165, 1.54) is 11.3 Å². The van der Waals surface area contributed by atoms with E-state index in [0.29, 0.717) is 47.8 Å². The van der Waals surface area contributed by atoms with Gasteiger partial charge in [0.05, 0.1) is 32.6 Å². The van der Waals surface area contributed by atoms with E-state index in [4.69, 9.17) is 11.5 Å². The number of pyridine rings is 1. The van der Waals surface area contributed by atoms with Crippen molar-refractivity contribution in [3.63, 3.8) is 0 Å². The molecule has 0 bridgehead atoms. The maximum atomic E-state index is 10.8. The monoisotopic (exact) mass is 363 g/mol. The maximum Gasteiger partial charge on any atom is 0.108 e. The molecule has 2 aromatic heterocycles. The molecule has 0 atom stereocenters. The van der Waals surface area contributed by atoms with Crippen molar-refractivity contribution in [2.24, 2.45) is 0 Å². The number of thiophene rings is 1. The Hall–Kier alpha value is -1.63. The molecule has 6 heteroatoms. The quantitative estimate of drug-likeness (QED) is 0.595. The molecule has 0 radical (unpaired) electrons. The minimum absolute atomic E-state index is 0.485. The minimum Gasteiger partial charge on any atom is -0.397 e. The van der Waals surface area contributed by atoms with E-state index in [0.717, 1.165) is 10.4 Å². The summed E-state index contributed by atoms with van der Waals surface area (Å²) in [6, 6.07) is 5.51. The van der Waals surface area contributed by atoms with Crippen LogP contribution in [0.4, 0.5) is 10.7 Å². The van der Waals surface area contributed by atoms with Gasteiger partial charge in [0.2, 0.25) is 0 Å². The number of nitrogens with two attached hydrogens (primary N) is 2. The van der Waals surface area contributed by atoms with Gasteiger partial charge in [-0.25, -0.2) is 4.98 Å². The maximum absolute atomic E-state index is 10.8. The summed E-state index contributed by atoms with van der Waals surface area (Å²) in [5, 5.41) is 22.2. The number of rotatable bonds is 7. The first kappa shape index (κ1) is 19.7. The van der Waals surface area contributed by atoms with E-state index in [1.807, 2.05) is 39.8 Å². The Morgan fingerprint density at radius 3 is 2.04 bits per heavy atom. The number of aromatic nitrogens is 1. The largest absolute Gasteiger partial charge is 0.397 e. The predicted molar refractivity (Wildman–Crippen MR) is 105 cm³/mol. The Kier molecular flexibility index (Phi) is 5.76. The smallest absolute Gasteiger partial charge is 0.108 e. The molecule has 0 saturated carbocycles. The lowest BCUT2D eigenvalue weighted by molar-refractivity contribution is 0.0249. The lowest BCUT2D eigenvalue weighted by Gasteiger charge is -2.26. The number of hydrogen-bond donors (Lipinski definition) is 4. The molecule has 25 heavy (non-hydrogen) atoms. The molecule has 0 aliphatic heterocycles. The van der Waals surface area contributed by atoms with Crippen LogP contribution in [-0.2, 0) is 11.2 Å². The highest BCUT2D eigenvalue weighted by atomic mass is 32.1. The van der Waals surface area contributed by atoms with Gasteiger partial charge >= 0.3 is 0 Å². The van der Waals surface area contributed by atoms with Crippen LogP contribution in [0.3, 0.4) is 0 Å². The van der Waals surface area contributed by atoms with Crippen LogP contribution in [0, 0.1) is 0 Å². The molecule has 0 aromatic carbocycles. The van der Waals surface area contributed by atoms with E-state index >= 15 is 0 Å². The molecule has 0 saturated heterocycles. The molecule has 2 rings (SSSR count). The zero-order valence-electron chi connectivity index (χ0n) is 15.5. The third-order valence-electron chi connectivity index (χ3n) is 5.22. The lowest BCUT2D eigenvalue weighted by atomic mass is 9.89. The molecule has 0 aliphatic carbocycles. The summed E-state index contributed by atoms with van der Waals surface area (Å²) < 4.78 is 0. The first-order valence-electron chi connectivity index (χ1n) is 8.86. The first-order valence-corrected chi connectivity index (χ1v) is 9.68. The highest BCUT2D eigenvalue weighted by molar-refractivity contribution is 7.19. The highest BCUT2D eigenvalue weighted by Crippen LogP contribution is 2.42. The third-order valence-corrected chi connectivity index (χ3v) is 6.21. The highest BCUT2D eigenvalue weighted by Gasteiger charge is 2.31. The lowest BCUT2D eigenvalue weighted by Crippen LogP contribution is -2.26. The van der Waals surface area contributed by atoms with Crippen molar-refractivity contribution in [3.8, 4) is 10.6 Å². The Morgan fingerprint density at radius 1 is 0.960 bits per heavy atom. The second kappa shape index (κ2) is 7.32. The Bertz CT molecular complexity index is 734. The summed E-state index contributed by atoms with van der Waals surface area (Å²) in [7, 11) is 0. The van der Waals surface area contributed by atoms with Crippen molar-refractivity contribution >= 4 is 22.0 Å². The summed E-state index contributed by atoms with van der Waals surface area (Å²) in [6.45, 7) is 7.73. The van der Waals surface area contributed by atoms with Crippen LogP contribution in [0.1, 0.15) is 64.6 Å². The molecule has 0 unspecified atom stereocenters. The summed E-state index contributed by atoms with van der Waals surface area (Å²) >= 11 is 1.40. The summed E-state index contributed by atoms with van der Waals surface area (Å²) in [6.07, 6.45) is 2.26. The van der Waals surface area contributed by atoms with Gasteiger partial charge in [-0.1, -0.05) is 27.7 Å². The molecule has 0 fully saturated rings. The van der Waals surface area contributed by atoms with Gasteiger partial charge in [-0.15, -0.1) is 11.3 Å². The van der Waals surface area contributed by atoms with Gasteiger partial charge in [0.15, 0.2) is 0 Å². The number of nitrogen functional groups attached to an aromatic ring is 2. The van der Waals surface area contributed by atoms with Crippen molar-refractivity contribution in [1.29, 1.82) is 0 Å². The van der Waals surface area contributed by atoms with Gasteiger partial charge in [0.25, 0.3) is 0 Å². The van der Waals surface area contributed by atoms with Crippen LogP contribution in [0.2, 0.25) is 0 Å². The van der Waals surface area contributed by atoms with Crippen LogP contribution >= 0.6 is 11.3 Å². The van der Waals surface area contributed by atoms with Crippen LogP contribution in [0.25, 0.3) is 10.6 Å². The third kappa shape index (κ3) is 3.52. The fourth-order valence-corrected chi connectivity index (χ4v) is 4.08. The van der Waals surface area contributed by atoms with Gasteiger partial charge in [-0.05, 0) is 43.9 Å². The van der Waals surface area contributed by atoms with Crippen LogP contribution < -0.4 is 11.5 Å². The average molecular weight is 364 g/mol. The van der Waals surface area contributed by atoms with Crippen LogP contribution in [-0.4, -0.2) is 15.2 Å². The standard InChI is InChI=1S/C19H29N3O2S/c1-5-18(23,6-2)12-11-15(25-17(12)21)14-10-9-13(20)16(22-14)19(24,7-3)8-4/h9-11,23-24H,5-8,20-21H2,1-4H3. The second-order valence-electron chi connectivity index (χ2n) is 6.50. The van der Waals surface area contributed by atoms with Crippen molar-refractivity contribution in [3.05, 3.63) is 29.5 Å². The number of aliphatic hydroxyl groups is 2. The minimum atomic E-state index is -1.04. The summed E-state index contributed by atoms with van der Waals surface area (Å²) in [4.78, 5) is 5.51. The topological polar surface area (TPSA) is 105 Å². The van der Waals surface area contributed by atoms with Crippen LogP contribution in [0.5, 0.6) is 0 Å². The molecule has 0 spiro atoms. The van der Waals surface area contributed by atoms with Gasteiger partial charge in [-0.3, -0.25) is 0 Å². The Labute approximate surface area is 153 Å². The van der Waals surface area contributed by atoms with E-state index in [1.54, 1.807) is 6.07 Å².